The average Bonchev–Trinajstić information content (AvgIpc) is 2.85. The second-order valence-corrected chi connectivity index (χ2v) is 7.26. The number of carbonyl (C=O) groups excluding carboxylic acids is 1. The van der Waals surface area contributed by atoms with Crippen LogP contribution in [0, 0.1) is 19.8 Å². The maximum atomic E-state index is 11.9. The molecule has 136 valence electrons. The van der Waals surface area contributed by atoms with Crippen molar-refractivity contribution in [2.75, 3.05) is 32.7 Å². The summed E-state index contributed by atoms with van der Waals surface area (Å²) in [5, 5.41) is 16.2. The summed E-state index contributed by atoms with van der Waals surface area (Å²) in [7, 11) is 0. The maximum Gasteiger partial charge on any atom is 0.314 e. The Kier molecular flexibility index (Phi) is 6.29. The molecule has 1 aliphatic rings. The number of carbonyl (C=O) groups is 1. The van der Waals surface area contributed by atoms with E-state index in [0.717, 1.165) is 31.3 Å². The molecule has 2 amide bonds. The van der Waals surface area contributed by atoms with E-state index in [4.69, 9.17) is 4.42 Å². The van der Waals surface area contributed by atoms with Gasteiger partial charge in [0.1, 0.15) is 17.1 Å². The molecule has 3 N–H and O–H groups in total. The predicted octanol–water partition coefficient (Wildman–Crippen LogP) is 2.14. The molecule has 2 heterocycles. The lowest BCUT2D eigenvalue weighted by molar-refractivity contribution is 0.0578. The summed E-state index contributed by atoms with van der Waals surface area (Å²) in [5.41, 5.74) is -0.441. The Bertz CT molecular complexity index is 554. The summed E-state index contributed by atoms with van der Waals surface area (Å²) in [4.78, 5) is 14.3. The second kappa shape index (κ2) is 8.03. The highest BCUT2D eigenvalue weighted by Crippen LogP contribution is 2.26. The smallest absolute Gasteiger partial charge is 0.314 e. The Hall–Kier alpha value is -1.53. The number of likely N-dealkylation sites (tertiary alicyclic amines) is 1. The summed E-state index contributed by atoms with van der Waals surface area (Å²) >= 11 is 0. The Morgan fingerprint density at radius 1 is 1.46 bits per heavy atom. The first-order valence-corrected chi connectivity index (χ1v) is 8.82. The van der Waals surface area contributed by atoms with Gasteiger partial charge in [-0.2, -0.15) is 0 Å². The van der Waals surface area contributed by atoms with E-state index in [1.165, 1.54) is 12.8 Å². The van der Waals surface area contributed by atoms with Crippen LogP contribution in [-0.4, -0.2) is 48.8 Å². The molecule has 1 aromatic rings. The van der Waals surface area contributed by atoms with Crippen LogP contribution >= 0.6 is 0 Å². The first kappa shape index (κ1) is 18.8. The predicted molar refractivity (Wildman–Crippen MR) is 94.0 cm³/mol. The molecule has 1 fully saturated rings. The summed E-state index contributed by atoms with van der Waals surface area (Å²) < 4.78 is 5.45. The van der Waals surface area contributed by atoms with Crippen LogP contribution in [0.5, 0.6) is 0 Å². The Morgan fingerprint density at radius 3 is 2.83 bits per heavy atom. The molecule has 6 heteroatoms. The van der Waals surface area contributed by atoms with Gasteiger partial charge < -0.3 is 25.1 Å². The number of furan rings is 1. The molecule has 2 unspecified atom stereocenters. The van der Waals surface area contributed by atoms with Crippen molar-refractivity contribution in [2.45, 2.75) is 46.1 Å². The second-order valence-electron chi connectivity index (χ2n) is 7.26. The van der Waals surface area contributed by atoms with E-state index in [1.54, 1.807) is 6.92 Å². The first-order valence-electron chi connectivity index (χ1n) is 8.82. The van der Waals surface area contributed by atoms with Gasteiger partial charge in [-0.05, 0) is 52.1 Å². The number of aliphatic hydroxyl groups is 1. The van der Waals surface area contributed by atoms with E-state index in [0.29, 0.717) is 17.9 Å². The average molecular weight is 337 g/mol. The lowest BCUT2D eigenvalue weighted by atomic mass is 9.96. The standard InChI is InChI=1S/C18H31N3O3/c1-13-6-5-8-21(11-13)9-7-19-17(22)20-12-18(4,23)16-10-14(2)24-15(16)3/h10,13,23H,5-9,11-12H2,1-4H3,(H2,19,20,22). The molecule has 6 nitrogen and oxygen atoms in total. The zero-order chi connectivity index (χ0) is 17.7. The van der Waals surface area contributed by atoms with Crippen molar-refractivity contribution < 1.29 is 14.3 Å². The molecule has 2 rings (SSSR count). The highest BCUT2D eigenvalue weighted by atomic mass is 16.3. The number of piperidine rings is 1. The SMILES string of the molecule is Cc1cc(C(C)(O)CNC(=O)NCCN2CCCC(C)C2)c(C)o1. The van der Waals surface area contributed by atoms with E-state index in [9.17, 15) is 9.90 Å². The maximum absolute atomic E-state index is 11.9. The van der Waals surface area contributed by atoms with E-state index in [1.807, 2.05) is 19.9 Å². The summed E-state index contributed by atoms with van der Waals surface area (Å²) in [6.07, 6.45) is 2.53. The van der Waals surface area contributed by atoms with Crippen LogP contribution < -0.4 is 10.6 Å². The van der Waals surface area contributed by atoms with Gasteiger partial charge in [-0.3, -0.25) is 0 Å². The van der Waals surface area contributed by atoms with Crippen LogP contribution in [0.1, 0.15) is 43.8 Å². The molecule has 0 radical (unpaired) electrons. The van der Waals surface area contributed by atoms with Gasteiger partial charge in [0.25, 0.3) is 0 Å². The molecule has 2 atom stereocenters. The number of nitrogens with zero attached hydrogens (tertiary/aromatic N) is 1. The van der Waals surface area contributed by atoms with Gasteiger partial charge in [-0.25, -0.2) is 4.79 Å². The van der Waals surface area contributed by atoms with Crippen molar-refractivity contribution >= 4 is 6.03 Å². The molecule has 0 aliphatic carbocycles. The number of amides is 2. The lowest BCUT2D eigenvalue weighted by Crippen LogP contribution is -2.46. The Morgan fingerprint density at radius 2 is 2.21 bits per heavy atom. The molecule has 0 bridgehead atoms. The lowest BCUT2D eigenvalue weighted by Gasteiger charge is -2.30. The fourth-order valence-electron chi connectivity index (χ4n) is 3.39. The minimum atomic E-state index is -1.15. The monoisotopic (exact) mass is 337 g/mol. The van der Waals surface area contributed by atoms with Crippen molar-refractivity contribution in [3.05, 3.63) is 23.2 Å². The van der Waals surface area contributed by atoms with Crippen molar-refractivity contribution in [3.8, 4) is 0 Å². The number of rotatable bonds is 6. The number of urea groups is 1. The number of aryl methyl sites for hydroxylation is 2. The fourth-order valence-corrected chi connectivity index (χ4v) is 3.39. The first-order chi connectivity index (χ1) is 11.3. The van der Waals surface area contributed by atoms with Crippen LogP contribution in [0.25, 0.3) is 0 Å². The molecule has 0 saturated carbocycles. The fraction of sp³-hybridized carbons (Fsp3) is 0.722. The van der Waals surface area contributed by atoms with E-state index in [-0.39, 0.29) is 12.6 Å². The molecular formula is C18H31N3O3. The topological polar surface area (TPSA) is 77.7 Å². The normalized spacial score (nSPS) is 21.3. The quantitative estimate of drug-likeness (QED) is 0.743. The molecule has 0 spiro atoms. The summed E-state index contributed by atoms with van der Waals surface area (Å²) in [5.74, 6) is 2.17. The molecule has 0 aromatic carbocycles. The van der Waals surface area contributed by atoms with Gasteiger partial charge in [-0.1, -0.05) is 6.92 Å². The Balaban J connectivity index is 1.71. The number of hydrogen-bond donors (Lipinski definition) is 3. The van der Waals surface area contributed by atoms with Crippen LogP contribution in [0.3, 0.4) is 0 Å². The minimum Gasteiger partial charge on any atom is -0.466 e. The van der Waals surface area contributed by atoms with Gasteiger partial charge in [-0.15, -0.1) is 0 Å². The van der Waals surface area contributed by atoms with Crippen molar-refractivity contribution in [2.24, 2.45) is 5.92 Å². The third-order valence-electron chi connectivity index (χ3n) is 4.67. The van der Waals surface area contributed by atoms with Gasteiger partial charge in [0.05, 0.1) is 6.54 Å². The van der Waals surface area contributed by atoms with Crippen molar-refractivity contribution in [3.63, 3.8) is 0 Å². The van der Waals surface area contributed by atoms with E-state index >= 15 is 0 Å². The van der Waals surface area contributed by atoms with Crippen LogP contribution in [0.15, 0.2) is 10.5 Å². The number of hydrogen-bond acceptors (Lipinski definition) is 4. The van der Waals surface area contributed by atoms with Crippen molar-refractivity contribution in [1.29, 1.82) is 0 Å². The molecule has 1 saturated heterocycles. The van der Waals surface area contributed by atoms with E-state index in [2.05, 4.69) is 22.5 Å². The molecule has 1 aromatic heterocycles. The van der Waals surface area contributed by atoms with Gasteiger partial charge in [0, 0.05) is 25.2 Å². The summed E-state index contributed by atoms with van der Waals surface area (Å²) in [6.45, 7) is 11.5. The third kappa shape index (κ3) is 5.24. The zero-order valence-electron chi connectivity index (χ0n) is 15.3. The molecule has 1 aliphatic heterocycles. The minimum absolute atomic E-state index is 0.138. The van der Waals surface area contributed by atoms with Crippen LogP contribution in [-0.2, 0) is 5.60 Å². The highest BCUT2D eigenvalue weighted by Gasteiger charge is 2.28. The van der Waals surface area contributed by atoms with Gasteiger partial charge in [0.15, 0.2) is 0 Å². The Labute approximate surface area is 144 Å². The third-order valence-corrected chi connectivity index (χ3v) is 4.67. The number of nitrogens with one attached hydrogen (secondary N) is 2. The molecule has 24 heavy (non-hydrogen) atoms. The summed E-state index contributed by atoms with van der Waals surface area (Å²) in [6, 6.07) is 1.56. The molecular weight excluding hydrogens is 306 g/mol. The van der Waals surface area contributed by atoms with E-state index < -0.39 is 5.60 Å². The van der Waals surface area contributed by atoms with Gasteiger partial charge in [0.2, 0.25) is 0 Å². The van der Waals surface area contributed by atoms with Crippen LogP contribution in [0.2, 0.25) is 0 Å². The zero-order valence-corrected chi connectivity index (χ0v) is 15.3. The van der Waals surface area contributed by atoms with Gasteiger partial charge >= 0.3 is 6.03 Å². The highest BCUT2D eigenvalue weighted by molar-refractivity contribution is 5.73. The van der Waals surface area contributed by atoms with Crippen LogP contribution in [0.4, 0.5) is 4.79 Å². The van der Waals surface area contributed by atoms with Crippen molar-refractivity contribution in [1.82, 2.24) is 15.5 Å². The largest absolute Gasteiger partial charge is 0.466 e.